The van der Waals surface area contributed by atoms with Crippen LogP contribution in [0, 0.1) is 11.8 Å². The quantitative estimate of drug-likeness (QED) is 0.299. The minimum Gasteiger partial charge on any atom is -0.490 e. The maximum Gasteiger partial charge on any atom is 0.262 e. The van der Waals surface area contributed by atoms with Gasteiger partial charge in [0.2, 0.25) is 5.91 Å². The number of benzene rings is 2. The van der Waals surface area contributed by atoms with Gasteiger partial charge in [-0.05, 0) is 111 Å². The number of rotatable bonds is 5. The van der Waals surface area contributed by atoms with Crippen molar-refractivity contribution >= 4 is 44.7 Å². The molecule has 1 saturated heterocycles. The largest absolute Gasteiger partial charge is 0.490 e. The Morgan fingerprint density at radius 1 is 1.16 bits per heavy atom. The molecule has 3 heterocycles. The summed E-state index contributed by atoms with van der Waals surface area (Å²) >= 11 is 6.48. The molecule has 3 aliphatic heterocycles. The van der Waals surface area contributed by atoms with E-state index in [0.29, 0.717) is 76.7 Å². The fourth-order valence-corrected chi connectivity index (χ4v) is 10.7. The highest BCUT2D eigenvalue weighted by Gasteiger charge is 2.44. The molecule has 2 aliphatic carbocycles. The summed E-state index contributed by atoms with van der Waals surface area (Å²) in [4.78, 5) is 31.0. The van der Waals surface area contributed by atoms with Gasteiger partial charge in [0.1, 0.15) is 5.75 Å². The van der Waals surface area contributed by atoms with Gasteiger partial charge in [0.15, 0.2) is 0 Å². The zero-order chi connectivity index (χ0) is 35.6. The monoisotopic (exact) mass is 737 g/mol. The zero-order valence-corrected chi connectivity index (χ0v) is 31.4. The van der Waals surface area contributed by atoms with Crippen LogP contribution >= 0.6 is 11.6 Å². The van der Waals surface area contributed by atoms with Crippen molar-refractivity contribution in [2.45, 2.75) is 81.5 Å². The van der Waals surface area contributed by atoms with Crippen LogP contribution in [0.2, 0.25) is 5.02 Å². The van der Waals surface area contributed by atoms with Crippen molar-refractivity contribution < 1.29 is 28.0 Å². The number of nitrogens with one attached hydrogen (secondary N) is 1. The minimum atomic E-state index is -2.93. The Hall–Kier alpha value is -3.05. The molecule has 1 unspecified atom stereocenters. The molecule has 276 valence electrons. The lowest BCUT2D eigenvalue weighted by Gasteiger charge is -2.46. The van der Waals surface area contributed by atoms with Crippen LogP contribution in [-0.4, -0.2) is 90.8 Å². The molecule has 1 spiro atoms. The van der Waals surface area contributed by atoms with Gasteiger partial charge in [-0.2, -0.15) is 0 Å². The number of aryl methyl sites for hydroxylation is 1. The van der Waals surface area contributed by atoms with Gasteiger partial charge >= 0.3 is 0 Å². The molecular weight excluding hydrogens is 686 g/mol. The first-order chi connectivity index (χ1) is 24.7. The van der Waals surface area contributed by atoms with Crippen molar-refractivity contribution in [3.8, 4) is 5.75 Å². The predicted octanol–water partition coefficient (Wildman–Crippen LogP) is 5.96. The van der Waals surface area contributed by atoms with Crippen molar-refractivity contribution in [3.05, 3.63) is 70.3 Å². The number of fused-ring (bicyclic) bond motifs is 4. The molecule has 2 aromatic carbocycles. The summed E-state index contributed by atoms with van der Waals surface area (Å²) in [7, 11) is -2.93. The van der Waals surface area contributed by atoms with Gasteiger partial charge in [-0.1, -0.05) is 36.7 Å². The molecule has 1 saturated carbocycles. The second-order valence-electron chi connectivity index (χ2n) is 15.1. The summed E-state index contributed by atoms with van der Waals surface area (Å²) in [6.07, 6.45) is 11.6. The molecule has 5 aliphatic rings. The van der Waals surface area contributed by atoms with E-state index < -0.39 is 9.71 Å². The van der Waals surface area contributed by atoms with Crippen LogP contribution in [0.5, 0.6) is 5.75 Å². The lowest BCUT2D eigenvalue weighted by molar-refractivity contribution is -0.137. The summed E-state index contributed by atoms with van der Waals surface area (Å²) < 4.78 is 35.4. The summed E-state index contributed by atoms with van der Waals surface area (Å²) in [5, 5.41) is 0.473. The molecule has 51 heavy (non-hydrogen) atoms. The van der Waals surface area contributed by atoms with Crippen LogP contribution in [0.3, 0.4) is 0 Å². The van der Waals surface area contributed by atoms with Crippen molar-refractivity contribution in [3.63, 3.8) is 0 Å². The molecule has 7 rings (SSSR count). The number of halogens is 1. The number of morpholine rings is 1. The Balaban J connectivity index is 1.21. The first-order valence-corrected chi connectivity index (χ1v) is 21.0. The Labute approximate surface area is 308 Å². The summed E-state index contributed by atoms with van der Waals surface area (Å²) in [5.74, 6) is 5.13. The summed E-state index contributed by atoms with van der Waals surface area (Å²) in [5.41, 5.74) is 3.65. The molecule has 2 amide bonds. The Bertz CT molecular complexity index is 1740. The average Bonchev–Trinajstić information content (AvgIpc) is 3.26. The SMILES string of the molecule is C=S1(=O)NC(=O)c2ccc3c(c2)N(C[C@@H]2CC[C@H]2[C@@H](OCCC(=O)N2CCOCC2)/C=C/CC[C@H]1CC)C[C@@]1(CCCc2cc(Cl)ccc21)CO3. The number of hydrogen-bond acceptors (Lipinski definition) is 7. The zero-order valence-electron chi connectivity index (χ0n) is 29.8. The third-order valence-corrected chi connectivity index (χ3v) is 14.3. The summed E-state index contributed by atoms with van der Waals surface area (Å²) in [6.45, 7) is 6.81. The van der Waals surface area contributed by atoms with E-state index >= 15 is 0 Å². The van der Waals surface area contributed by atoms with Gasteiger partial charge in [-0.25, -0.2) is 4.21 Å². The van der Waals surface area contributed by atoms with Crippen LogP contribution in [0.1, 0.15) is 79.8 Å². The molecule has 0 radical (unpaired) electrons. The third-order valence-electron chi connectivity index (χ3n) is 11.9. The number of carbonyl (C=O) groups excluding carboxylic acids is 2. The van der Waals surface area contributed by atoms with Crippen LogP contribution in [0.15, 0.2) is 48.6 Å². The first-order valence-electron chi connectivity index (χ1n) is 18.8. The van der Waals surface area contributed by atoms with E-state index in [1.807, 2.05) is 30.0 Å². The van der Waals surface area contributed by atoms with Crippen molar-refractivity contribution in [1.82, 2.24) is 9.62 Å². The number of carbonyl (C=O) groups is 2. The standard InChI is InChI=1S/C40H52ClN3O6S/c1-3-32-8-4-5-9-36(49-20-16-38(45)43-18-21-48-22-19-43)33-13-10-30(33)25-44-26-40(17-6-7-28-23-31(41)12-14-34(28)40)27-50-37-15-11-29(24-35(37)44)39(46)42-51(32,2)47/h5,9,11-12,14-15,23-24,30,32-33,36H,2-4,6-8,10,13,16-22,25-27H2,1H3,(H,42,46,47)/b9-5+/t30-,32+,33+,36-,40-,51?/m0/s1. The van der Waals surface area contributed by atoms with Gasteiger partial charge in [0, 0.05) is 47.4 Å². The molecule has 0 aromatic heterocycles. The lowest BCUT2D eigenvalue weighted by Crippen LogP contribution is -2.49. The lowest BCUT2D eigenvalue weighted by atomic mass is 9.68. The molecule has 11 heteroatoms. The van der Waals surface area contributed by atoms with Crippen LogP contribution in [-0.2, 0) is 35.8 Å². The van der Waals surface area contributed by atoms with Gasteiger partial charge in [-0.3, -0.25) is 14.3 Å². The smallest absolute Gasteiger partial charge is 0.262 e. The molecule has 9 nitrogen and oxygen atoms in total. The van der Waals surface area contributed by atoms with Gasteiger partial charge in [0.25, 0.3) is 5.91 Å². The van der Waals surface area contributed by atoms with E-state index in [9.17, 15) is 13.8 Å². The normalized spacial score (nSPS) is 31.7. The Morgan fingerprint density at radius 2 is 2.00 bits per heavy atom. The maximum atomic E-state index is 13.9. The van der Waals surface area contributed by atoms with Crippen LogP contribution in [0.4, 0.5) is 5.69 Å². The molecule has 2 fully saturated rings. The molecule has 6 atom stereocenters. The topological polar surface area (TPSA) is 97.4 Å². The highest BCUT2D eigenvalue weighted by molar-refractivity contribution is 7.99. The van der Waals surface area contributed by atoms with E-state index in [0.717, 1.165) is 61.7 Å². The molecule has 2 bridgehead atoms. The average molecular weight is 738 g/mol. The van der Waals surface area contributed by atoms with E-state index in [1.54, 1.807) is 6.07 Å². The van der Waals surface area contributed by atoms with Gasteiger partial charge in [0.05, 0.1) is 54.3 Å². The number of anilines is 1. The van der Waals surface area contributed by atoms with Crippen molar-refractivity contribution in [2.75, 3.05) is 57.5 Å². The van der Waals surface area contributed by atoms with E-state index in [4.69, 9.17) is 25.8 Å². The fourth-order valence-electron chi connectivity index (χ4n) is 8.84. The van der Waals surface area contributed by atoms with Gasteiger partial charge in [-0.15, -0.1) is 0 Å². The first kappa shape index (κ1) is 36.3. The van der Waals surface area contributed by atoms with Crippen molar-refractivity contribution in [1.29, 1.82) is 0 Å². The van der Waals surface area contributed by atoms with E-state index in [1.165, 1.54) is 11.1 Å². The number of ether oxygens (including phenoxy) is 3. The second-order valence-corrected chi connectivity index (χ2v) is 17.8. The molecule has 1 N–H and O–H groups in total. The highest BCUT2D eigenvalue weighted by Crippen LogP contribution is 2.47. The highest BCUT2D eigenvalue weighted by atomic mass is 35.5. The Morgan fingerprint density at radius 3 is 2.78 bits per heavy atom. The third kappa shape index (κ3) is 7.85. The summed E-state index contributed by atoms with van der Waals surface area (Å²) in [6, 6.07) is 11.9. The number of allylic oxidation sites excluding steroid dienone is 1. The number of amides is 2. The fraction of sp³-hybridized carbons (Fsp3) is 0.575. The van der Waals surface area contributed by atoms with E-state index in [2.05, 4.69) is 39.8 Å². The second kappa shape index (κ2) is 15.5. The number of hydrogen-bond donors (Lipinski definition) is 1. The van der Waals surface area contributed by atoms with Gasteiger partial charge < -0.3 is 24.0 Å². The number of nitrogens with zero attached hydrogens (tertiary/aromatic N) is 2. The molecular formula is C40H52ClN3O6S. The Kier molecular flexibility index (Phi) is 11.0. The molecule has 2 aromatic rings. The predicted molar refractivity (Wildman–Crippen MR) is 203 cm³/mol. The maximum absolute atomic E-state index is 13.9. The van der Waals surface area contributed by atoms with Crippen LogP contribution < -0.4 is 14.4 Å². The van der Waals surface area contributed by atoms with E-state index in [-0.39, 0.29) is 34.5 Å². The minimum absolute atomic E-state index is 0.106. The van der Waals surface area contributed by atoms with Crippen molar-refractivity contribution in [2.24, 2.45) is 11.8 Å². The van der Waals surface area contributed by atoms with Crippen LogP contribution in [0.25, 0.3) is 0 Å².